The predicted octanol–water partition coefficient (Wildman–Crippen LogP) is 2.33. The Morgan fingerprint density at radius 1 is 1.45 bits per heavy atom. The Balaban J connectivity index is 1.70. The summed E-state index contributed by atoms with van der Waals surface area (Å²) in [5, 5.41) is 7.12. The van der Waals surface area contributed by atoms with Crippen LogP contribution in [0.25, 0.3) is 0 Å². The van der Waals surface area contributed by atoms with E-state index < -0.39 is 6.04 Å². The topological polar surface area (TPSA) is 62.3 Å². The molecule has 20 heavy (non-hydrogen) atoms. The lowest BCUT2D eigenvalue weighted by Gasteiger charge is -2.23. The van der Waals surface area contributed by atoms with E-state index in [2.05, 4.69) is 10.3 Å². The van der Waals surface area contributed by atoms with Crippen molar-refractivity contribution in [2.24, 2.45) is 0 Å². The van der Waals surface area contributed by atoms with Gasteiger partial charge in [0.25, 0.3) is 0 Å². The van der Waals surface area contributed by atoms with Gasteiger partial charge in [0.05, 0.1) is 6.54 Å². The summed E-state index contributed by atoms with van der Waals surface area (Å²) in [5.74, 6) is -0.111. The summed E-state index contributed by atoms with van der Waals surface area (Å²) in [6.07, 6.45) is 2.65. The van der Waals surface area contributed by atoms with E-state index in [-0.39, 0.29) is 11.8 Å². The highest BCUT2D eigenvalue weighted by atomic mass is 32.1. The Kier molecular flexibility index (Phi) is 3.79. The van der Waals surface area contributed by atoms with Gasteiger partial charge in [0.1, 0.15) is 6.04 Å². The molecule has 104 valence electrons. The van der Waals surface area contributed by atoms with Crippen molar-refractivity contribution >= 4 is 39.6 Å². The Bertz CT molecular complexity index is 595. The maximum atomic E-state index is 12.3. The number of rotatable bonds is 4. The van der Waals surface area contributed by atoms with Crippen molar-refractivity contribution in [2.75, 3.05) is 5.32 Å². The molecule has 1 aliphatic heterocycles. The summed E-state index contributed by atoms with van der Waals surface area (Å²) in [6.45, 7) is 0.506. The van der Waals surface area contributed by atoms with Crippen LogP contribution in [0.2, 0.25) is 0 Å². The molecule has 0 spiro atoms. The highest BCUT2D eigenvalue weighted by Crippen LogP contribution is 2.24. The van der Waals surface area contributed by atoms with E-state index in [1.54, 1.807) is 27.8 Å². The fraction of sp³-hybridized carbons (Fsp3) is 0.308. The van der Waals surface area contributed by atoms with E-state index in [0.717, 1.165) is 4.88 Å². The number of nitrogens with zero attached hydrogens (tertiary/aromatic N) is 2. The zero-order valence-corrected chi connectivity index (χ0v) is 12.2. The van der Waals surface area contributed by atoms with Gasteiger partial charge in [-0.25, -0.2) is 4.98 Å². The molecule has 1 saturated heterocycles. The van der Waals surface area contributed by atoms with Gasteiger partial charge in [0.15, 0.2) is 5.13 Å². The fourth-order valence-electron chi connectivity index (χ4n) is 2.25. The van der Waals surface area contributed by atoms with Crippen molar-refractivity contribution in [3.8, 4) is 0 Å². The normalized spacial score (nSPS) is 18.5. The van der Waals surface area contributed by atoms with Crippen LogP contribution in [0.15, 0.2) is 29.1 Å². The largest absolute Gasteiger partial charge is 0.325 e. The minimum Gasteiger partial charge on any atom is -0.325 e. The van der Waals surface area contributed by atoms with Crippen LogP contribution in [0.3, 0.4) is 0 Å². The zero-order chi connectivity index (χ0) is 13.9. The minimum absolute atomic E-state index is 0.0395. The number of carbonyl (C=O) groups excluding carboxylic acids is 2. The molecule has 2 aromatic heterocycles. The van der Waals surface area contributed by atoms with Gasteiger partial charge in [-0.05, 0) is 17.9 Å². The third kappa shape index (κ3) is 2.73. The second-order valence-electron chi connectivity index (χ2n) is 4.48. The monoisotopic (exact) mass is 307 g/mol. The van der Waals surface area contributed by atoms with Gasteiger partial charge >= 0.3 is 0 Å². The van der Waals surface area contributed by atoms with E-state index in [9.17, 15) is 9.59 Å². The minimum atomic E-state index is -0.395. The van der Waals surface area contributed by atoms with E-state index >= 15 is 0 Å². The average molecular weight is 307 g/mol. The van der Waals surface area contributed by atoms with Crippen molar-refractivity contribution in [3.63, 3.8) is 0 Å². The molecule has 0 aromatic carbocycles. The molecule has 3 heterocycles. The van der Waals surface area contributed by atoms with Gasteiger partial charge < -0.3 is 10.2 Å². The molecule has 1 atom stereocenters. The SMILES string of the molecule is O=C(Nc1nccs1)C1CCC(=O)N1Cc1cccs1. The lowest BCUT2D eigenvalue weighted by Crippen LogP contribution is -2.40. The lowest BCUT2D eigenvalue weighted by molar-refractivity contribution is -0.133. The zero-order valence-electron chi connectivity index (χ0n) is 10.6. The van der Waals surface area contributed by atoms with Gasteiger partial charge in [-0.2, -0.15) is 0 Å². The molecule has 3 rings (SSSR count). The number of nitrogens with one attached hydrogen (secondary N) is 1. The van der Waals surface area contributed by atoms with Crippen LogP contribution in [0, 0.1) is 0 Å². The van der Waals surface area contributed by atoms with E-state index in [1.165, 1.54) is 11.3 Å². The van der Waals surface area contributed by atoms with Crippen molar-refractivity contribution in [2.45, 2.75) is 25.4 Å². The first-order valence-electron chi connectivity index (χ1n) is 6.26. The van der Waals surface area contributed by atoms with Crippen LogP contribution in [0.5, 0.6) is 0 Å². The third-order valence-electron chi connectivity index (χ3n) is 3.20. The molecule has 0 radical (unpaired) electrons. The molecule has 1 N–H and O–H groups in total. The number of thiazole rings is 1. The van der Waals surface area contributed by atoms with Crippen LogP contribution in [-0.2, 0) is 16.1 Å². The molecule has 1 unspecified atom stereocenters. The van der Waals surface area contributed by atoms with Gasteiger partial charge in [0.2, 0.25) is 11.8 Å². The molecule has 7 heteroatoms. The standard InChI is InChI=1S/C13H13N3O2S2/c17-11-4-3-10(12(18)15-13-14-5-7-20-13)16(11)8-9-2-1-6-19-9/h1-2,5-7,10H,3-4,8H2,(H,14,15,18). The van der Waals surface area contributed by atoms with Crippen molar-refractivity contribution in [1.29, 1.82) is 0 Å². The van der Waals surface area contributed by atoms with E-state index in [0.29, 0.717) is 24.5 Å². The summed E-state index contributed by atoms with van der Waals surface area (Å²) in [6, 6.07) is 3.53. The number of hydrogen-bond donors (Lipinski definition) is 1. The van der Waals surface area contributed by atoms with Crippen molar-refractivity contribution in [3.05, 3.63) is 34.0 Å². The summed E-state index contributed by atoms with van der Waals surface area (Å²) in [4.78, 5) is 31.0. The molecule has 1 fully saturated rings. The smallest absolute Gasteiger partial charge is 0.248 e. The molecule has 5 nitrogen and oxygen atoms in total. The molecule has 0 bridgehead atoms. The number of aromatic nitrogens is 1. The molecule has 2 amide bonds. The first-order valence-corrected chi connectivity index (χ1v) is 8.02. The van der Waals surface area contributed by atoms with Gasteiger partial charge in [-0.1, -0.05) is 6.07 Å². The Morgan fingerprint density at radius 2 is 2.35 bits per heavy atom. The van der Waals surface area contributed by atoms with E-state index in [4.69, 9.17) is 0 Å². The van der Waals surface area contributed by atoms with E-state index in [1.807, 2.05) is 17.5 Å². The number of hydrogen-bond acceptors (Lipinski definition) is 5. The second-order valence-corrected chi connectivity index (χ2v) is 6.41. The molecule has 2 aromatic rings. The molecule has 1 aliphatic rings. The Hall–Kier alpha value is -1.73. The first kappa shape index (κ1) is 13.3. The van der Waals surface area contributed by atoms with Gasteiger partial charge in [-0.3, -0.25) is 9.59 Å². The van der Waals surface area contributed by atoms with Gasteiger partial charge in [0, 0.05) is 22.9 Å². The maximum absolute atomic E-state index is 12.3. The number of amides is 2. The lowest BCUT2D eigenvalue weighted by atomic mass is 10.2. The Morgan fingerprint density at radius 3 is 3.05 bits per heavy atom. The Labute approximate surface area is 124 Å². The molecule has 0 saturated carbocycles. The number of thiophene rings is 1. The molecular weight excluding hydrogens is 294 g/mol. The quantitative estimate of drug-likeness (QED) is 0.943. The fourth-order valence-corrected chi connectivity index (χ4v) is 3.48. The highest BCUT2D eigenvalue weighted by Gasteiger charge is 2.36. The maximum Gasteiger partial charge on any atom is 0.248 e. The third-order valence-corrected chi connectivity index (χ3v) is 4.75. The van der Waals surface area contributed by atoms with Crippen LogP contribution in [0.1, 0.15) is 17.7 Å². The van der Waals surface area contributed by atoms with Crippen LogP contribution in [-0.4, -0.2) is 27.7 Å². The average Bonchev–Trinajstić information content (AvgIpc) is 3.14. The summed E-state index contributed by atoms with van der Waals surface area (Å²) < 4.78 is 0. The number of carbonyl (C=O) groups is 2. The van der Waals surface area contributed by atoms with Crippen LogP contribution >= 0.6 is 22.7 Å². The summed E-state index contributed by atoms with van der Waals surface area (Å²) >= 11 is 2.97. The second kappa shape index (κ2) is 5.72. The predicted molar refractivity (Wildman–Crippen MR) is 78.6 cm³/mol. The summed E-state index contributed by atoms with van der Waals surface area (Å²) in [5.41, 5.74) is 0. The van der Waals surface area contributed by atoms with Crippen molar-refractivity contribution in [1.82, 2.24) is 9.88 Å². The van der Waals surface area contributed by atoms with Crippen molar-refractivity contribution < 1.29 is 9.59 Å². The molecular formula is C13H13N3O2S2. The number of anilines is 1. The van der Waals surface area contributed by atoms with Crippen LogP contribution < -0.4 is 5.32 Å². The number of likely N-dealkylation sites (tertiary alicyclic amines) is 1. The highest BCUT2D eigenvalue weighted by molar-refractivity contribution is 7.13. The summed E-state index contributed by atoms with van der Waals surface area (Å²) in [7, 11) is 0. The van der Waals surface area contributed by atoms with Gasteiger partial charge in [-0.15, -0.1) is 22.7 Å². The first-order chi connectivity index (χ1) is 9.74. The molecule has 0 aliphatic carbocycles. The van der Waals surface area contributed by atoms with Crippen LogP contribution in [0.4, 0.5) is 5.13 Å².